The molecule has 0 radical (unpaired) electrons. The van der Waals surface area contributed by atoms with E-state index in [-0.39, 0.29) is 16.9 Å². The molecule has 5 nitrogen and oxygen atoms in total. The molecule has 1 amide bonds. The van der Waals surface area contributed by atoms with Crippen LogP contribution in [-0.2, 0) is 11.2 Å². The molecule has 138 valence electrons. The topological polar surface area (TPSA) is 74.6 Å². The van der Waals surface area contributed by atoms with Crippen molar-refractivity contribution in [3.05, 3.63) is 66.2 Å². The van der Waals surface area contributed by atoms with Crippen LogP contribution in [-0.4, -0.2) is 27.5 Å². The molecule has 1 aromatic heterocycles. The normalized spacial score (nSPS) is 12.3. The number of hydrogen-bond acceptors (Lipinski definition) is 6. The van der Waals surface area contributed by atoms with Crippen LogP contribution in [0.4, 0.5) is 0 Å². The Morgan fingerprint density at radius 2 is 2.19 bits per heavy atom. The highest BCUT2D eigenvalue weighted by Crippen LogP contribution is 2.31. The number of thioether (sulfide) groups is 1. The quantitative estimate of drug-likeness (QED) is 0.269. The number of para-hydroxylation sites is 2. The van der Waals surface area contributed by atoms with Crippen LogP contribution in [0, 0.1) is 0 Å². The van der Waals surface area contributed by atoms with Gasteiger partial charge in [0.05, 0.1) is 21.7 Å². The van der Waals surface area contributed by atoms with E-state index in [9.17, 15) is 9.90 Å². The van der Waals surface area contributed by atoms with E-state index in [1.165, 1.54) is 18.0 Å². The molecular formula is C20H19N3O2S2. The summed E-state index contributed by atoms with van der Waals surface area (Å²) in [5.41, 5.74) is 4.76. The van der Waals surface area contributed by atoms with Crippen LogP contribution in [0.1, 0.15) is 18.1 Å². The fraction of sp³-hybridized carbons (Fsp3) is 0.150. The van der Waals surface area contributed by atoms with E-state index < -0.39 is 0 Å². The smallest absolute Gasteiger partial charge is 0.253 e. The molecule has 3 rings (SSSR count). The average Bonchev–Trinajstić information content (AvgIpc) is 3.07. The van der Waals surface area contributed by atoms with Crippen LogP contribution < -0.4 is 5.43 Å². The molecule has 0 aliphatic heterocycles. The Balaban J connectivity index is 1.60. The molecule has 0 aliphatic rings. The standard InChI is InChI=1S/C20H19N3O2S2/c1-3-7-14-8-6-9-15(18(14)24)12-21-23-19(25)13(2)26-20-22-16-10-4-5-11-17(16)27-20/h3-6,8-13,24H,1,7H2,2H3,(H,23,25)/b21-12+. The summed E-state index contributed by atoms with van der Waals surface area (Å²) in [5.74, 6) is -0.0791. The second-order valence-electron chi connectivity index (χ2n) is 5.79. The Kier molecular flexibility index (Phi) is 6.26. The van der Waals surface area contributed by atoms with E-state index in [0.29, 0.717) is 12.0 Å². The summed E-state index contributed by atoms with van der Waals surface area (Å²) >= 11 is 2.96. The SMILES string of the molecule is C=CCc1cccc(/C=N/NC(=O)C(C)Sc2nc3ccccc3s2)c1O. The fourth-order valence-electron chi connectivity index (χ4n) is 2.40. The summed E-state index contributed by atoms with van der Waals surface area (Å²) in [5, 5.41) is 13.8. The number of allylic oxidation sites excluding steroid dienone is 1. The number of carbonyl (C=O) groups excluding carboxylic acids is 1. The minimum absolute atomic E-state index is 0.146. The molecule has 0 spiro atoms. The van der Waals surface area contributed by atoms with Crippen molar-refractivity contribution in [3.8, 4) is 5.75 Å². The van der Waals surface area contributed by atoms with Crippen LogP contribution in [0.3, 0.4) is 0 Å². The third-order valence-electron chi connectivity index (χ3n) is 3.81. The van der Waals surface area contributed by atoms with Crippen LogP contribution >= 0.6 is 23.1 Å². The van der Waals surface area contributed by atoms with Crippen molar-refractivity contribution < 1.29 is 9.90 Å². The van der Waals surface area contributed by atoms with E-state index >= 15 is 0 Å². The molecule has 2 N–H and O–H groups in total. The van der Waals surface area contributed by atoms with Gasteiger partial charge in [-0.25, -0.2) is 10.4 Å². The molecule has 1 heterocycles. The number of phenols is 1. The number of nitrogens with one attached hydrogen (secondary N) is 1. The second-order valence-corrected chi connectivity index (χ2v) is 8.41. The number of benzene rings is 2. The first-order chi connectivity index (χ1) is 13.1. The zero-order valence-corrected chi connectivity index (χ0v) is 16.4. The maximum absolute atomic E-state index is 12.3. The van der Waals surface area contributed by atoms with Gasteiger partial charge in [-0.05, 0) is 37.1 Å². The number of rotatable bonds is 7. The number of phenolic OH excluding ortho intramolecular Hbond substituents is 1. The minimum Gasteiger partial charge on any atom is -0.507 e. The first-order valence-electron chi connectivity index (χ1n) is 8.35. The number of carbonyl (C=O) groups is 1. The Bertz CT molecular complexity index is 965. The molecule has 0 saturated carbocycles. The monoisotopic (exact) mass is 397 g/mol. The zero-order valence-electron chi connectivity index (χ0n) is 14.8. The Morgan fingerprint density at radius 3 is 2.96 bits per heavy atom. The molecule has 0 bridgehead atoms. The van der Waals surface area contributed by atoms with E-state index in [2.05, 4.69) is 22.1 Å². The molecule has 0 fully saturated rings. The summed E-state index contributed by atoms with van der Waals surface area (Å²) in [7, 11) is 0. The number of hydrazone groups is 1. The highest BCUT2D eigenvalue weighted by atomic mass is 32.2. The maximum atomic E-state index is 12.3. The van der Waals surface area contributed by atoms with E-state index in [1.807, 2.05) is 43.3 Å². The molecule has 1 unspecified atom stereocenters. The number of hydrogen-bond donors (Lipinski definition) is 2. The lowest BCUT2D eigenvalue weighted by atomic mass is 10.1. The summed E-state index contributed by atoms with van der Waals surface area (Å²) in [6.45, 7) is 5.48. The van der Waals surface area contributed by atoms with Gasteiger partial charge >= 0.3 is 0 Å². The molecule has 27 heavy (non-hydrogen) atoms. The zero-order chi connectivity index (χ0) is 19.2. The number of aromatic hydroxyl groups is 1. The third kappa shape index (κ3) is 4.75. The summed E-state index contributed by atoms with van der Waals surface area (Å²) < 4.78 is 1.94. The van der Waals surface area contributed by atoms with E-state index in [0.717, 1.165) is 20.1 Å². The van der Waals surface area contributed by atoms with Crippen LogP contribution in [0.2, 0.25) is 0 Å². The van der Waals surface area contributed by atoms with Gasteiger partial charge < -0.3 is 5.11 Å². The van der Waals surface area contributed by atoms with Gasteiger partial charge in [-0.2, -0.15) is 5.10 Å². The highest BCUT2D eigenvalue weighted by molar-refractivity contribution is 8.02. The van der Waals surface area contributed by atoms with E-state index in [1.54, 1.807) is 23.5 Å². The predicted molar refractivity (Wildman–Crippen MR) is 113 cm³/mol. The van der Waals surface area contributed by atoms with Gasteiger partial charge in [0.15, 0.2) is 4.34 Å². The first-order valence-corrected chi connectivity index (χ1v) is 10.0. The van der Waals surface area contributed by atoms with Crippen molar-refractivity contribution in [2.45, 2.75) is 22.9 Å². The van der Waals surface area contributed by atoms with Crippen molar-refractivity contribution in [3.63, 3.8) is 0 Å². The van der Waals surface area contributed by atoms with Crippen molar-refractivity contribution in [2.75, 3.05) is 0 Å². The third-order valence-corrected chi connectivity index (χ3v) is 6.04. The lowest BCUT2D eigenvalue weighted by Gasteiger charge is -2.07. The minimum atomic E-state index is -0.344. The van der Waals surface area contributed by atoms with Crippen molar-refractivity contribution in [2.24, 2.45) is 5.10 Å². The van der Waals surface area contributed by atoms with Crippen molar-refractivity contribution in [1.29, 1.82) is 0 Å². The maximum Gasteiger partial charge on any atom is 0.253 e. The number of amides is 1. The highest BCUT2D eigenvalue weighted by Gasteiger charge is 2.16. The summed E-state index contributed by atoms with van der Waals surface area (Å²) in [4.78, 5) is 16.8. The fourth-order valence-corrected chi connectivity index (χ4v) is 4.60. The number of thiazole rings is 1. The molecule has 0 aliphatic carbocycles. The molecule has 2 aromatic carbocycles. The van der Waals surface area contributed by atoms with Crippen molar-refractivity contribution in [1.82, 2.24) is 10.4 Å². The summed E-state index contributed by atoms with van der Waals surface area (Å²) in [6, 6.07) is 13.3. The molecule has 3 aromatic rings. The number of nitrogens with zero attached hydrogens (tertiary/aromatic N) is 2. The van der Waals surface area contributed by atoms with Gasteiger partial charge in [-0.3, -0.25) is 4.79 Å². The predicted octanol–water partition coefficient (Wildman–Crippen LogP) is 4.36. The Labute approximate surface area is 165 Å². The molecule has 7 heteroatoms. The lowest BCUT2D eigenvalue weighted by Crippen LogP contribution is -2.26. The van der Waals surface area contributed by atoms with Gasteiger partial charge in [0.1, 0.15) is 5.75 Å². The van der Waals surface area contributed by atoms with Crippen molar-refractivity contribution >= 4 is 45.4 Å². The molecular weight excluding hydrogens is 378 g/mol. The van der Waals surface area contributed by atoms with Gasteiger partial charge in [0.2, 0.25) is 0 Å². The number of aromatic nitrogens is 1. The largest absolute Gasteiger partial charge is 0.507 e. The van der Waals surface area contributed by atoms with Gasteiger partial charge in [0, 0.05) is 5.56 Å². The van der Waals surface area contributed by atoms with E-state index in [4.69, 9.17) is 0 Å². The van der Waals surface area contributed by atoms with Gasteiger partial charge in [-0.15, -0.1) is 17.9 Å². The summed E-state index contributed by atoms with van der Waals surface area (Å²) in [6.07, 6.45) is 3.73. The molecule has 1 atom stereocenters. The van der Waals surface area contributed by atoms with Crippen LogP contribution in [0.5, 0.6) is 5.75 Å². The lowest BCUT2D eigenvalue weighted by molar-refractivity contribution is -0.120. The molecule has 0 saturated heterocycles. The Morgan fingerprint density at radius 1 is 1.37 bits per heavy atom. The average molecular weight is 398 g/mol. The van der Waals surface area contributed by atoms with Gasteiger partial charge in [0.25, 0.3) is 5.91 Å². The van der Waals surface area contributed by atoms with Crippen LogP contribution in [0.25, 0.3) is 10.2 Å². The van der Waals surface area contributed by atoms with Gasteiger partial charge in [-0.1, -0.05) is 42.1 Å². The second kappa shape index (κ2) is 8.83. The Hall–Kier alpha value is -2.64. The first kappa shape index (κ1) is 19.1. The number of fused-ring (bicyclic) bond motifs is 1. The van der Waals surface area contributed by atoms with Crippen LogP contribution in [0.15, 0.2) is 64.6 Å².